The highest BCUT2D eigenvalue weighted by molar-refractivity contribution is 7.84. The van der Waals surface area contributed by atoms with Gasteiger partial charge in [-0.25, -0.2) is 0 Å². The molecule has 1 heterocycles. The number of benzene rings is 1. The molecule has 0 radical (unpaired) electrons. The number of fused-ring (bicyclic) bond motifs is 1. The van der Waals surface area contributed by atoms with Crippen LogP contribution in [-0.2, 0) is 16.1 Å². The number of allylic oxidation sites excluding steroid dienone is 7. The zero-order chi connectivity index (χ0) is 13.8. The molecule has 1 nitrogen and oxygen atoms in total. The number of hydrogen-bond acceptors (Lipinski definition) is 1. The zero-order valence-electron chi connectivity index (χ0n) is 11.4. The van der Waals surface area contributed by atoms with E-state index in [0.29, 0.717) is 6.61 Å². The molecule has 3 rings (SSSR count). The van der Waals surface area contributed by atoms with Gasteiger partial charge in [0, 0.05) is 0 Å². The van der Waals surface area contributed by atoms with Crippen LogP contribution >= 0.6 is 0 Å². The minimum Gasteiger partial charge on any atom is -0.593 e. The van der Waals surface area contributed by atoms with Crippen molar-refractivity contribution in [2.75, 3.05) is 6.61 Å². The average Bonchev–Trinajstić information content (AvgIpc) is 2.68. The predicted molar refractivity (Wildman–Crippen MR) is 86.2 cm³/mol. The Morgan fingerprint density at radius 2 is 2.00 bits per heavy atom. The van der Waals surface area contributed by atoms with Gasteiger partial charge in [-0.3, -0.25) is 0 Å². The van der Waals surface area contributed by atoms with Crippen LogP contribution in [0.5, 0.6) is 0 Å². The Morgan fingerprint density at radius 3 is 2.80 bits per heavy atom. The molecule has 0 aromatic heterocycles. The quantitative estimate of drug-likeness (QED) is 0.270. The highest BCUT2D eigenvalue weighted by Crippen LogP contribution is 2.33. The molecular formula is C18H16OS. The van der Waals surface area contributed by atoms with Crippen molar-refractivity contribution in [1.82, 2.24) is 0 Å². The van der Waals surface area contributed by atoms with Crippen molar-refractivity contribution >= 4 is 16.2 Å². The van der Waals surface area contributed by atoms with Crippen molar-refractivity contribution in [3.05, 3.63) is 83.0 Å². The fourth-order valence-electron chi connectivity index (χ4n) is 2.30. The van der Waals surface area contributed by atoms with Gasteiger partial charge in [-0.1, -0.05) is 60.9 Å². The van der Waals surface area contributed by atoms with E-state index in [4.69, 9.17) is 4.74 Å². The first-order valence-electron chi connectivity index (χ1n) is 6.80. The second-order valence-electron chi connectivity index (χ2n) is 4.56. The Labute approximate surface area is 123 Å². The largest absolute Gasteiger partial charge is 0.593 e. The molecule has 0 saturated carbocycles. The highest BCUT2D eigenvalue weighted by atomic mass is 32.1. The van der Waals surface area contributed by atoms with Crippen molar-refractivity contribution in [2.24, 2.45) is 5.92 Å². The lowest BCUT2D eigenvalue weighted by atomic mass is 9.93. The van der Waals surface area contributed by atoms with Gasteiger partial charge in [0.05, 0.1) is 17.4 Å². The van der Waals surface area contributed by atoms with E-state index in [2.05, 4.69) is 60.9 Å². The van der Waals surface area contributed by atoms with Gasteiger partial charge in [-0.15, -0.1) is 5.57 Å². The summed E-state index contributed by atoms with van der Waals surface area (Å²) in [6.07, 6.45) is 13.8. The summed E-state index contributed by atoms with van der Waals surface area (Å²) >= 11 is 1.82. The molecule has 1 aromatic rings. The van der Waals surface area contributed by atoms with Crippen LogP contribution in [0.25, 0.3) is 0 Å². The maximum Gasteiger partial charge on any atom is 0.196 e. The Morgan fingerprint density at radius 1 is 1.15 bits per heavy atom. The summed E-state index contributed by atoms with van der Waals surface area (Å²) in [6, 6.07) is 10.5. The highest BCUT2D eigenvalue weighted by Gasteiger charge is 2.32. The first-order valence-corrected chi connectivity index (χ1v) is 7.62. The van der Waals surface area contributed by atoms with Crippen LogP contribution in [0.2, 0.25) is 0 Å². The third kappa shape index (κ3) is 2.52. The van der Waals surface area contributed by atoms with Gasteiger partial charge in [-0.05, 0) is 18.6 Å². The number of hydrogen-bond donors (Lipinski definition) is 0. The SMILES string of the molecule is CCO[C-]=C1C(c2ccccc2)=[S+]C2=CC=CC=CC12. The molecule has 1 atom stereocenters. The van der Waals surface area contributed by atoms with Crippen molar-refractivity contribution in [2.45, 2.75) is 6.92 Å². The minimum absolute atomic E-state index is 0.261. The Bertz CT molecular complexity index is 633. The molecule has 0 bridgehead atoms. The Hall–Kier alpha value is -1.93. The van der Waals surface area contributed by atoms with Gasteiger partial charge in [0.1, 0.15) is 11.4 Å². The van der Waals surface area contributed by atoms with E-state index >= 15 is 0 Å². The lowest BCUT2D eigenvalue weighted by Gasteiger charge is -2.14. The molecule has 2 heteroatoms. The lowest BCUT2D eigenvalue weighted by Crippen LogP contribution is -2.07. The second-order valence-corrected chi connectivity index (χ2v) is 5.65. The first-order chi connectivity index (χ1) is 9.90. The first kappa shape index (κ1) is 13.1. The maximum absolute atomic E-state index is 5.46. The van der Waals surface area contributed by atoms with E-state index in [1.807, 2.05) is 24.3 Å². The molecule has 0 N–H and O–H groups in total. The molecule has 0 saturated heterocycles. The molecular weight excluding hydrogens is 264 g/mol. The molecule has 1 aromatic carbocycles. The molecule has 1 aliphatic heterocycles. The van der Waals surface area contributed by atoms with Crippen molar-refractivity contribution in [3.63, 3.8) is 0 Å². The van der Waals surface area contributed by atoms with Crippen LogP contribution < -0.4 is 0 Å². The van der Waals surface area contributed by atoms with Crippen LogP contribution in [-0.4, -0.2) is 11.5 Å². The van der Waals surface area contributed by atoms with Crippen molar-refractivity contribution in [1.29, 1.82) is 0 Å². The standard InChI is InChI=1S/C18H16OS/c1-2-19-13-16-15-11-7-4-8-12-17(15)20-18(16)14-9-5-3-6-10-14/h3-12,15H,2H2,1H3. The van der Waals surface area contributed by atoms with Gasteiger partial charge in [0.15, 0.2) is 4.91 Å². The summed E-state index contributed by atoms with van der Waals surface area (Å²) in [5.41, 5.74) is 2.36. The van der Waals surface area contributed by atoms with E-state index in [-0.39, 0.29) is 5.92 Å². The van der Waals surface area contributed by atoms with Crippen LogP contribution in [0.15, 0.2) is 71.2 Å². The summed E-state index contributed by atoms with van der Waals surface area (Å²) in [7, 11) is 0. The monoisotopic (exact) mass is 280 g/mol. The van der Waals surface area contributed by atoms with Gasteiger partial charge in [-0.2, -0.15) is 0 Å². The van der Waals surface area contributed by atoms with Gasteiger partial charge in [0.2, 0.25) is 0 Å². The summed E-state index contributed by atoms with van der Waals surface area (Å²) in [6.45, 7) is 2.63. The van der Waals surface area contributed by atoms with Crippen LogP contribution in [0.3, 0.4) is 0 Å². The van der Waals surface area contributed by atoms with Crippen LogP contribution in [0, 0.1) is 12.2 Å². The summed E-state index contributed by atoms with van der Waals surface area (Å²) in [4.78, 5) is 2.58. The molecule has 0 spiro atoms. The average molecular weight is 280 g/mol. The van der Waals surface area contributed by atoms with Crippen molar-refractivity contribution in [3.8, 4) is 0 Å². The summed E-state index contributed by atoms with van der Waals surface area (Å²) < 4.78 is 5.46. The molecule has 0 amide bonds. The Kier molecular flexibility index (Phi) is 3.93. The normalized spacial score (nSPS) is 22.2. The molecule has 1 unspecified atom stereocenters. The second kappa shape index (κ2) is 6.02. The molecule has 20 heavy (non-hydrogen) atoms. The molecule has 1 aliphatic carbocycles. The van der Waals surface area contributed by atoms with Gasteiger partial charge in [0.25, 0.3) is 0 Å². The minimum atomic E-state index is 0.261. The topological polar surface area (TPSA) is 9.23 Å². The molecule has 0 fully saturated rings. The van der Waals surface area contributed by atoms with Crippen molar-refractivity contribution < 1.29 is 4.74 Å². The smallest absolute Gasteiger partial charge is 0.196 e. The van der Waals surface area contributed by atoms with Gasteiger partial charge >= 0.3 is 0 Å². The maximum atomic E-state index is 5.46. The molecule has 2 aliphatic rings. The third-order valence-electron chi connectivity index (χ3n) is 3.23. The predicted octanol–water partition coefficient (Wildman–Crippen LogP) is 3.65. The third-order valence-corrected chi connectivity index (χ3v) is 4.52. The fraction of sp³-hybridized carbons (Fsp3) is 0.167. The van der Waals surface area contributed by atoms with E-state index < -0.39 is 0 Å². The van der Waals surface area contributed by atoms with Crippen LogP contribution in [0.4, 0.5) is 0 Å². The van der Waals surface area contributed by atoms with Gasteiger partial charge < -0.3 is 4.74 Å². The van der Waals surface area contributed by atoms with E-state index in [1.54, 1.807) is 0 Å². The number of ether oxygens (including phenoxy) is 1. The zero-order valence-corrected chi connectivity index (χ0v) is 12.2. The van der Waals surface area contributed by atoms with E-state index in [1.165, 1.54) is 15.3 Å². The summed E-state index contributed by atoms with van der Waals surface area (Å²) in [5.74, 6) is 0.261. The number of rotatable bonds is 3. The molecule has 100 valence electrons. The van der Waals surface area contributed by atoms with E-state index in [0.717, 1.165) is 5.57 Å². The van der Waals surface area contributed by atoms with Crippen LogP contribution in [0.1, 0.15) is 12.5 Å². The Balaban J connectivity index is 2.07. The fourth-order valence-corrected chi connectivity index (χ4v) is 3.54. The van der Waals surface area contributed by atoms with E-state index in [9.17, 15) is 0 Å². The summed E-state index contributed by atoms with van der Waals surface area (Å²) in [5, 5.41) is 0. The lowest BCUT2D eigenvalue weighted by molar-refractivity contribution is 0.244.